The molecule has 0 aromatic carbocycles. The summed E-state index contributed by atoms with van der Waals surface area (Å²) in [5.41, 5.74) is -11.5. The molecule has 3 aliphatic rings. The number of rotatable bonds is 20. The van der Waals surface area contributed by atoms with Crippen molar-refractivity contribution < 1.29 is 52.1 Å². The van der Waals surface area contributed by atoms with E-state index >= 15 is 0 Å². The van der Waals surface area contributed by atoms with Gasteiger partial charge in [0.05, 0.1) is 52.4 Å². The zero-order valence-corrected chi connectivity index (χ0v) is 38.6. The highest BCUT2D eigenvalue weighted by Crippen LogP contribution is 2.50. The van der Waals surface area contributed by atoms with E-state index in [4.69, 9.17) is 0 Å². The molecule has 0 bridgehead atoms. The van der Waals surface area contributed by atoms with Crippen LogP contribution in [0.2, 0.25) is 0 Å². The van der Waals surface area contributed by atoms with Crippen LogP contribution in [0.25, 0.3) is 0 Å². The standard InChI is InChI=1S/C15H31N.C14H30N.C13H22F6NO4S2/c1-4-7-12-16-13-10-15(8-5-2,9-6-3)11-14-16;1-3-5-6-7-9-12-15(4-2)13-10-8-11-14-15;1-3-7-20(8-4-2)9-5-11(6-10-20,25(21,22)12(14,15)16)26(23,24)13(17,18)19/h4-14H2,1-3H3;3-14H2,1-2H3;3-10H2,1-2H3/q;2*+1. The first-order valence-corrected chi connectivity index (χ1v) is 25.6. The van der Waals surface area contributed by atoms with Gasteiger partial charge in [-0.3, -0.25) is 0 Å². The Morgan fingerprint density at radius 3 is 1.35 bits per heavy atom. The average Bonchev–Trinajstić information content (AvgIpc) is 3.15. The maximum atomic E-state index is 13.0. The van der Waals surface area contributed by atoms with Crippen LogP contribution in [0.5, 0.6) is 0 Å². The van der Waals surface area contributed by atoms with E-state index in [1.807, 2.05) is 0 Å². The fraction of sp³-hybridized carbons (Fsp3) is 1.00. The number of alkyl halides is 6. The number of sulfone groups is 2. The van der Waals surface area contributed by atoms with Crippen molar-refractivity contribution in [2.24, 2.45) is 5.41 Å². The minimum absolute atomic E-state index is 0.107. The van der Waals surface area contributed by atoms with E-state index in [2.05, 4.69) is 39.5 Å². The van der Waals surface area contributed by atoms with Crippen LogP contribution >= 0.6 is 0 Å². The fourth-order valence-corrected chi connectivity index (χ4v) is 13.9. The molecule has 0 aromatic rings. The molecule has 3 aliphatic heterocycles. The van der Waals surface area contributed by atoms with Crippen LogP contribution in [0.3, 0.4) is 0 Å². The normalized spacial score (nSPS) is 21.1. The van der Waals surface area contributed by atoms with Gasteiger partial charge in [0.2, 0.25) is 4.08 Å². The molecule has 0 amide bonds. The molecule has 0 unspecified atom stereocenters. The highest BCUT2D eigenvalue weighted by Gasteiger charge is 2.74. The molecule has 57 heavy (non-hydrogen) atoms. The van der Waals surface area contributed by atoms with Gasteiger partial charge >= 0.3 is 11.0 Å². The van der Waals surface area contributed by atoms with Gasteiger partial charge < -0.3 is 13.9 Å². The Labute approximate surface area is 345 Å². The van der Waals surface area contributed by atoms with Crippen molar-refractivity contribution in [3.05, 3.63) is 0 Å². The zero-order chi connectivity index (χ0) is 43.5. The van der Waals surface area contributed by atoms with Gasteiger partial charge in [0.1, 0.15) is 0 Å². The van der Waals surface area contributed by atoms with E-state index in [9.17, 15) is 43.2 Å². The van der Waals surface area contributed by atoms with E-state index in [-0.39, 0.29) is 17.6 Å². The summed E-state index contributed by atoms with van der Waals surface area (Å²) >= 11 is 0. The van der Waals surface area contributed by atoms with E-state index in [0.717, 1.165) is 0 Å². The molecule has 3 heterocycles. The van der Waals surface area contributed by atoms with Gasteiger partial charge in [-0.1, -0.05) is 80.1 Å². The van der Waals surface area contributed by atoms with Gasteiger partial charge in [0.25, 0.3) is 19.7 Å². The summed E-state index contributed by atoms with van der Waals surface area (Å²) in [6, 6.07) is 0. The quantitative estimate of drug-likeness (QED) is 0.0692. The van der Waals surface area contributed by atoms with E-state index in [1.54, 1.807) is 13.8 Å². The Bertz CT molecular complexity index is 1240. The van der Waals surface area contributed by atoms with Crippen LogP contribution in [-0.2, 0) is 19.7 Å². The third-order valence-corrected chi connectivity index (χ3v) is 18.7. The predicted molar refractivity (Wildman–Crippen MR) is 223 cm³/mol. The third-order valence-electron chi connectivity index (χ3n) is 13.4. The number of hydrogen-bond donors (Lipinski definition) is 0. The Kier molecular flexibility index (Phi) is 23.6. The van der Waals surface area contributed by atoms with Gasteiger partial charge in [0.15, 0.2) is 0 Å². The minimum Gasteiger partial charge on any atom is -0.324 e. The Hall–Kier alpha value is -0.640. The number of quaternary nitrogens is 2. The Balaban J connectivity index is 0.000000452. The molecule has 0 radical (unpaired) electrons. The molecule has 0 saturated carbocycles. The first-order valence-electron chi connectivity index (χ1n) is 22.7. The fourth-order valence-electron chi connectivity index (χ4n) is 9.91. The molecule has 15 heteroatoms. The zero-order valence-electron chi connectivity index (χ0n) is 37.0. The summed E-state index contributed by atoms with van der Waals surface area (Å²) in [5, 5.41) is 0. The maximum absolute atomic E-state index is 13.0. The maximum Gasteiger partial charge on any atom is 0.498 e. The van der Waals surface area contributed by atoms with E-state index in [1.165, 1.54) is 153 Å². The van der Waals surface area contributed by atoms with Crippen LogP contribution in [-0.4, -0.2) is 118 Å². The van der Waals surface area contributed by atoms with Crippen LogP contribution in [0.1, 0.15) is 177 Å². The van der Waals surface area contributed by atoms with Gasteiger partial charge in [-0.25, -0.2) is 16.8 Å². The topological polar surface area (TPSA) is 71.5 Å². The van der Waals surface area contributed by atoms with Gasteiger partial charge in [0, 0.05) is 12.8 Å². The van der Waals surface area contributed by atoms with E-state index < -0.39 is 47.6 Å². The van der Waals surface area contributed by atoms with Crippen molar-refractivity contribution in [2.75, 3.05) is 72.0 Å². The van der Waals surface area contributed by atoms with Gasteiger partial charge in [-0.2, -0.15) is 26.3 Å². The molecular weight excluding hydrogens is 789 g/mol. The summed E-state index contributed by atoms with van der Waals surface area (Å²) in [7, 11) is -13.2. The molecule has 0 atom stereocenters. The smallest absolute Gasteiger partial charge is 0.324 e. The van der Waals surface area contributed by atoms with Crippen LogP contribution in [0.15, 0.2) is 0 Å². The van der Waals surface area contributed by atoms with Gasteiger partial charge in [-0.15, -0.1) is 0 Å². The van der Waals surface area contributed by atoms with E-state index in [0.29, 0.717) is 31.3 Å². The molecule has 3 fully saturated rings. The second-order valence-electron chi connectivity index (χ2n) is 17.5. The SMILES string of the molecule is CCCCCCC[N+]1(CC)CCCCC1.CCCCN1CCC(CCC)(CCC)CC1.CCC[N+]1(CCC)CCC(S(=O)(=O)C(F)(F)F)(S(=O)(=O)C(F)(F)F)CC1. The summed E-state index contributed by atoms with van der Waals surface area (Å²) in [4.78, 5) is 2.69. The Morgan fingerprint density at radius 1 is 0.509 bits per heavy atom. The lowest BCUT2D eigenvalue weighted by Gasteiger charge is -2.47. The summed E-state index contributed by atoms with van der Waals surface area (Å²) < 4.78 is 124. The molecule has 342 valence electrons. The highest BCUT2D eigenvalue weighted by atomic mass is 32.3. The lowest BCUT2D eigenvalue weighted by atomic mass is 9.72. The first kappa shape index (κ1) is 54.4. The first-order chi connectivity index (χ1) is 26.6. The summed E-state index contributed by atoms with van der Waals surface area (Å²) in [5.74, 6) is 0. The molecule has 3 rings (SSSR count). The second-order valence-corrected chi connectivity index (χ2v) is 22.3. The van der Waals surface area contributed by atoms with Crippen molar-refractivity contribution in [1.82, 2.24) is 4.90 Å². The molecular formula is C42H83F6N3O4S2+2. The number of likely N-dealkylation sites (tertiary alicyclic amines) is 3. The number of hydrogen-bond acceptors (Lipinski definition) is 5. The van der Waals surface area contributed by atoms with Crippen molar-refractivity contribution in [2.45, 2.75) is 192 Å². The monoisotopic (exact) mass is 872 g/mol. The lowest BCUT2D eigenvalue weighted by molar-refractivity contribution is -0.932. The average molecular weight is 872 g/mol. The van der Waals surface area contributed by atoms with Crippen molar-refractivity contribution in [1.29, 1.82) is 0 Å². The largest absolute Gasteiger partial charge is 0.498 e. The molecule has 0 N–H and O–H groups in total. The highest BCUT2D eigenvalue weighted by molar-refractivity contribution is 8.11. The summed E-state index contributed by atoms with van der Waals surface area (Å²) in [6.07, 6.45) is 21.6. The Morgan fingerprint density at radius 2 is 0.965 bits per heavy atom. The third kappa shape index (κ3) is 15.0. The predicted octanol–water partition coefficient (Wildman–Crippen LogP) is 11.4. The number of nitrogens with zero attached hydrogens (tertiary/aromatic N) is 3. The van der Waals surface area contributed by atoms with Gasteiger partial charge in [-0.05, 0) is 109 Å². The number of halogens is 6. The molecule has 7 nitrogen and oxygen atoms in total. The molecule has 0 aromatic heterocycles. The van der Waals surface area contributed by atoms with Crippen molar-refractivity contribution in [3.8, 4) is 0 Å². The lowest BCUT2D eigenvalue weighted by Crippen LogP contribution is -2.65. The summed E-state index contributed by atoms with van der Waals surface area (Å²) in [6.45, 7) is 25.1. The van der Waals surface area contributed by atoms with Crippen molar-refractivity contribution in [3.63, 3.8) is 0 Å². The number of unbranched alkanes of at least 4 members (excludes halogenated alkanes) is 5. The molecule has 0 aliphatic carbocycles. The van der Waals surface area contributed by atoms with Crippen LogP contribution < -0.4 is 0 Å². The van der Waals surface area contributed by atoms with Crippen molar-refractivity contribution >= 4 is 19.7 Å². The molecule has 0 spiro atoms. The van der Waals surface area contributed by atoms with Crippen LogP contribution in [0, 0.1) is 5.41 Å². The minimum atomic E-state index is -6.60. The second kappa shape index (κ2) is 24.7. The molecule has 3 saturated heterocycles. The van der Waals surface area contributed by atoms with Crippen LogP contribution in [0.4, 0.5) is 26.3 Å². The number of piperidine rings is 3.